The van der Waals surface area contributed by atoms with Crippen molar-refractivity contribution < 1.29 is 9.53 Å². The highest BCUT2D eigenvalue weighted by atomic mass is 16.5. The molecule has 0 unspecified atom stereocenters. The average molecular weight is 322 g/mol. The quantitative estimate of drug-likeness (QED) is 0.682. The first-order valence-corrected chi connectivity index (χ1v) is 8.30. The molecule has 124 valence electrons. The van der Waals surface area contributed by atoms with Crippen LogP contribution in [0.4, 0.5) is 5.69 Å². The number of aromatic nitrogens is 1. The smallest absolute Gasteiger partial charge is 0.338 e. The maximum atomic E-state index is 11.7. The molecule has 0 aliphatic carbocycles. The van der Waals surface area contributed by atoms with Crippen molar-refractivity contribution in [1.82, 2.24) is 4.57 Å². The number of rotatable bonds is 6. The molecule has 0 fully saturated rings. The van der Waals surface area contributed by atoms with Crippen LogP contribution in [0.25, 0.3) is 10.9 Å². The highest BCUT2D eigenvalue weighted by Crippen LogP contribution is 2.22. The van der Waals surface area contributed by atoms with Crippen LogP contribution < -0.4 is 5.32 Å². The van der Waals surface area contributed by atoms with Gasteiger partial charge in [-0.15, -0.1) is 0 Å². The van der Waals surface area contributed by atoms with Crippen molar-refractivity contribution in [3.63, 3.8) is 0 Å². The highest BCUT2D eigenvalue weighted by Gasteiger charge is 2.08. The minimum absolute atomic E-state index is 0.282. The normalized spacial score (nSPS) is 10.8. The standard InChI is InChI=1S/C20H22N2O2/c1-3-22-14-16(18-7-5-6-8-19(18)22)13-21-17-11-9-15(10-12-17)20(23)24-4-2/h5-12,14,21H,3-4,13H2,1-2H3. The predicted octanol–water partition coefficient (Wildman–Crippen LogP) is 4.45. The molecule has 1 aromatic heterocycles. The third-order valence-electron chi connectivity index (χ3n) is 4.09. The van der Waals surface area contributed by atoms with Crippen LogP contribution >= 0.6 is 0 Å². The second kappa shape index (κ2) is 7.21. The monoisotopic (exact) mass is 322 g/mol. The number of carbonyl (C=O) groups excluding carboxylic acids is 1. The molecule has 0 radical (unpaired) electrons. The molecule has 2 aromatic carbocycles. The Bertz CT molecular complexity index is 834. The average Bonchev–Trinajstić information content (AvgIpc) is 2.99. The molecule has 0 amide bonds. The van der Waals surface area contributed by atoms with E-state index in [1.807, 2.05) is 12.1 Å². The number of hydrogen-bond donors (Lipinski definition) is 1. The lowest BCUT2D eigenvalue weighted by atomic mass is 10.1. The van der Waals surface area contributed by atoms with Crippen LogP contribution in [-0.4, -0.2) is 17.1 Å². The topological polar surface area (TPSA) is 43.3 Å². The highest BCUT2D eigenvalue weighted by molar-refractivity contribution is 5.89. The molecule has 0 aliphatic heterocycles. The summed E-state index contributed by atoms with van der Waals surface area (Å²) in [6.07, 6.45) is 2.20. The molecule has 3 aromatic rings. The summed E-state index contributed by atoms with van der Waals surface area (Å²) in [4.78, 5) is 11.7. The zero-order chi connectivity index (χ0) is 16.9. The second-order valence-corrected chi connectivity index (χ2v) is 5.61. The van der Waals surface area contributed by atoms with Gasteiger partial charge in [-0.25, -0.2) is 4.79 Å². The Morgan fingerprint density at radius 2 is 1.83 bits per heavy atom. The van der Waals surface area contributed by atoms with E-state index in [1.54, 1.807) is 19.1 Å². The number of aryl methyl sites for hydroxylation is 1. The van der Waals surface area contributed by atoms with Crippen LogP contribution in [-0.2, 0) is 17.8 Å². The number of carbonyl (C=O) groups is 1. The van der Waals surface area contributed by atoms with E-state index in [0.29, 0.717) is 12.2 Å². The Labute approximate surface area is 142 Å². The van der Waals surface area contributed by atoms with E-state index >= 15 is 0 Å². The van der Waals surface area contributed by atoms with Gasteiger partial charge in [-0.3, -0.25) is 0 Å². The van der Waals surface area contributed by atoms with Crippen molar-refractivity contribution in [3.8, 4) is 0 Å². The summed E-state index contributed by atoms with van der Waals surface area (Å²) in [6, 6.07) is 15.8. The number of para-hydroxylation sites is 1. The Kier molecular flexibility index (Phi) is 4.85. The first-order valence-electron chi connectivity index (χ1n) is 8.30. The molecular weight excluding hydrogens is 300 g/mol. The number of esters is 1. The van der Waals surface area contributed by atoms with E-state index < -0.39 is 0 Å². The third kappa shape index (κ3) is 3.27. The van der Waals surface area contributed by atoms with Crippen LogP contribution in [0.5, 0.6) is 0 Å². The molecule has 0 saturated heterocycles. The van der Waals surface area contributed by atoms with Crippen LogP contribution in [0.15, 0.2) is 54.7 Å². The lowest BCUT2D eigenvalue weighted by Gasteiger charge is -2.07. The lowest BCUT2D eigenvalue weighted by Crippen LogP contribution is -2.05. The Morgan fingerprint density at radius 1 is 1.08 bits per heavy atom. The molecule has 4 heteroatoms. The van der Waals surface area contributed by atoms with Gasteiger partial charge < -0.3 is 14.6 Å². The number of hydrogen-bond acceptors (Lipinski definition) is 3. The summed E-state index contributed by atoms with van der Waals surface area (Å²) in [5, 5.41) is 4.70. The van der Waals surface area contributed by atoms with Crippen LogP contribution in [0.3, 0.4) is 0 Å². The number of nitrogens with zero attached hydrogens (tertiary/aromatic N) is 1. The van der Waals surface area contributed by atoms with Gasteiger partial charge in [0.2, 0.25) is 0 Å². The molecule has 0 aliphatic rings. The van der Waals surface area contributed by atoms with E-state index in [4.69, 9.17) is 4.74 Å². The van der Waals surface area contributed by atoms with E-state index in [0.717, 1.165) is 18.8 Å². The first-order chi connectivity index (χ1) is 11.7. The van der Waals surface area contributed by atoms with Gasteiger partial charge in [0.15, 0.2) is 0 Å². The molecular formula is C20H22N2O2. The fourth-order valence-electron chi connectivity index (χ4n) is 2.86. The molecule has 0 spiro atoms. The van der Waals surface area contributed by atoms with Crippen molar-refractivity contribution in [1.29, 1.82) is 0 Å². The zero-order valence-corrected chi connectivity index (χ0v) is 14.1. The maximum Gasteiger partial charge on any atom is 0.338 e. The number of fused-ring (bicyclic) bond motifs is 1. The molecule has 1 N–H and O–H groups in total. The summed E-state index contributed by atoms with van der Waals surface area (Å²) in [5.41, 5.74) is 4.08. The summed E-state index contributed by atoms with van der Waals surface area (Å²) >= 11 is 0. The van der Waals surface area contributed by atoms with Crippen molar-refractivity contribution in [2.24, 2.45) is 0 Å². The second-order valence-electron chi connectivity index (χ2n) is 5.61. The Hall–Kier alpha value is -2.75. The van der Waals surface area contributed by atoms with E-state index in [-0.39, 0.29) is 5.97 Å². The van der Waals surface area contributed by atoms with Gasteiger partial charge in [0.1, 0.15) is 0 Å². The fourth-order valence-corrected chi connectivity index (χ4v) is 2.86. The minimum atomic E-state index is -0.282. The van der Waals surface area contributed by atoms with Gasteiger partial charge in [0.05, 0.1) is 12.2 Å². The molecule has 0 saturated carbocycles. The third-order valence-corrected chi connectivity index (χ3v) is 4.09. The van der Waals surface area contributed by atoms with Crippen molar-refractivity contribution in [2.45, 2.75) is 26.9 Å². The van der Waals surface area contributed by atoms with E-state index in [1.165, 1.54) is 16.5 Å². The molecule has 24 heavy (non-hydrogen) atoms. The van der Waals surface area contributed by atoms with E-state index in [9.17, 15) is 4.79 Å². The predicted molar refractivity (Wildman–Crippen MR) is 97.3 cm³/mol. The zero-order valence-electron chi connectivity index (χ0n) is 14.1. The van der Waals surface area contributed by atoms with Crippen molar-refractivity contribution >= 4 is 22.6 Å². The van der Waals surface area contributed by atoms with Crippen LogP contribution in [0, 0.1) is 0 Å². The van der Waals surface area contributed by atoms with Crippen LogP contribution in [0.1, 0.15) is 29.8 Å². The molecule has 1 heterocycles. The lowest BCUT2D eigenvalue weighted by molar-refractivity contribution is 0.0526. The maximum absolute atomic E-state index is 11.7. The summed E-state index contributed by atoms with van der Waals surface area (Å²) in [7, 11) is 0. The van der Waals surface area contributed by atoms with Crippen molar-refractivity contribution in [3.05, 3.63) is 65.9 Å². The first kappa shape index (κ1) is 16.1. The van der Waals surface area contributed by atoms with Gasteiger partial charge >= 0.3 is 5.97 Å². The Balaban J connectivity index is 1.73. The van der Waals surface area contributed by atoms with Gasteiger partial charge in [0.25, 0.3) is 0 Å². The van der Waals surface area contributed by atoms with Gasteiger partial charge in [-0.2, -0.15) is 0 Å². The number of nitrogens with one attached hydrogen (secondary N) is 1. The number of anilines is 1. The molecule has 4 nitrogen and oxygen atoms in total. The Morgan fingerprint density at radius 3 is 2.54 bits per heavy atom. The molecule has 3 rings (SSSR count). The van der Waals surface area contributed by atoms with E-state index in [2.05, 4.69) is 47.3 Å². The largest absolute Gasteiger partial charge is 0.462 e. The SMILES string of the molecule is CCOC(=O)c1ccc(NCc2cn(CC)c3ccccc23)cc1. The number of benzene rings is 2. The van der Waals surface area contributed by atoms with Gasteiger partial charge in [-0.1, -0.05) is 18.2 Å². The van der Waals surface area contributed by atoms with Gasteiger partial charge in [-0.05, 0) is 49.7 Å². The van der Waals surface area contributed by atoms with Gasteiger partial charge in [0, 0.05) is 35.9 Å². The number of ether oxygens (including phenoxy) is 1. The van der Waals surface area contributed by atoms with Crippen LogP contribution in [0.2, 0.25) is 0 Å². The fraction of sp³-hybridized carbons (Fsp3) is 0.250. The molecule has 0 atom stereocenters. The summed E-state index contributed by atoms with van der Waals surface area (Å²) in [6.45, 7) is 6.04. The molecule has 0 bridgehead atoms. The summed E-state index contributed by atoms with van der Waals surface area (Å²) in [5.74, 6) is -0.282. The van der Waals surface area contributed by atoms with Crippen molar-refractivity contribution in [2.75, 3.05) is 11.9 Å². The minimum Gasteiger partial charge on any atom is -0.462 e. The summed E-state index contributed by atoms with van der Waals surface area (Å²) < 4.78 is 7.26.